The smallest absolute Gasteiger partial charge is 0.0849 e. The topological polar surface area (TPSA) is 60.2 Å². The van der Waals surface area contributed by atoms with Gasteiger partial charge in [0.25, 0.3) is 0 Å². The van der Waals surface area contributed by atoms with Crippen molar-refractivity contribution >= 4 is 0 Å². The van der Waals surface area contributed by atoms with Gasteiger partial charge < -0.3 is 9.84 Å². The lowest BCUT2D eigenvalue weighted by atomic mass is 10.1. The molecule has 1 atom stereocenters. The van der Waals surface area contributed by atoms with Crippen molar-refractivity contribution in [1.82, 2.24) is 15.0 Å². The Hall–Kier alpha value is -0.940. The van der Waals surface area contributed by atoms with E-state index in [-0.39, 0.29) is 6.61 Å². The number of aliphatic hydroxyl groups excluding tert-OH is 1. The largest absolute Gasteiger partial charge is 0.396 e. The van der Waals surface area contributed by atoms with Crippen LogP contribution in [0.5, 0.6) is 0 Å². The lowest BCUT2D eigenvalue weighted by molar-refractivity contribution is 0.181. The van der Waals surface area contributed by atoms with E-state index < -0.39 is 0 Å². The van der Waals surface area contributed by atoms with E-state index in [0.29, 0.717) is 12.3 Å². The van der Waals surface area contributed by atoms with Crippen molar-refractivity contribution in [2.24, 2.45) is 5.92 Å². The number of rotatable bonds is 4. The Morgan fingerprint density at radius 2 is 2.57 bits per heavy atom. The van der Waals surface area contributed by atoms with Crippen LogP contribution in [0, 0.1) is 5.92 Å². The van der Waals surface area contributed by atoms with E-state index in [4.69, 9.17) is 9.84 Å². The molecule has 1 N–H and O–H groups in total. The highest BCUT2D eigenvalue weighted by Crippen LogP contribution is 2.14. The van der Waals surface area contributed by atoms with Crippen LogP contribution in [0.4, 0.5) is 0 Å². The highest BCUT2D eigenvalue weighted by atomic mass is 16.5. The van der Waals surface area contributed by atoms with Crippen molar-refractivity contribution < 1.29 is 9.84 Å². The summed E-state index contributed by atoms with van der Waals surface area (Å²) in [6, 6.07) is 0. The number of aromatic nitrogens is 3. The minimum Gasteiger partial charge on any atom is -0.396 e. The molecule has 1 unspecified atom stereocenters. The molecular weight excluding hydrogens is 182 g/mol. The van der Waals surface area contributed by atoms with Gasteiger partial charge in [0.05, 0.1) is 12.3 Å². The van der Waals surface area contributed by atoms with Gasteiger partial charge in [0.15, 0.2) is 0 Å². The number of hydrogen-bond donors (Lipinski definition) is 1. The molecule has 1 saturated heterocycles. The second-order valence-corrected chi connectivity index (χ2v) is 3.64. The van der Waals surface area contributed by atoms with Gasteiger partial charge >= 0.3 is 0 Å². The monoisotopic (exact) mass is 197 g/mol. The van der Waals surface area contributed by atoms with E-state index in [1.807, 2.05) is 10.9 Å². The van der Waals surface area contributed by atoms with Gasteiger partial charge in [0.1, 0.15) is 0 Å². The minimum atomic E-state index is 0.130. The zero-order valence-electron chi connectivity index (χ0n) is 8.09. The summed E-state index contributed by atoms with van der Waals surface area (Å²) in [5, 5.41) is 16.7. The summed E-state index contributed by atoms with van der Waals surface area (Å²) in [4.78, 5) is 0. The highest BCUT2D eigenvalue weighted by Gasteiger charge is 2.16. The third-order valence-electron chi connectivity index (χ3n) is 2.42. The molecule has 0 saturated carbocycles. The van der Waals surface area contributed by atoms with Crippen molar-refractivity contribution in [2.75, 3.05) is 19.8 Å². The van der Waals surface area contributed by atoms with Gasteiger partial charge in [-0.15, -0.1) is 5.10 Å². The number of nitrogens with zero attached hydrogens (tertiary/aromatic N) is 3. The van der Waals surface area contributed by atoms with Gasteiger partial charge in [-0.3, -0.25) is 4.68 Å². The maximum atomic E-state index is 8.72. The zero-order valence-corrected chi connectivity index (χ0v) is 8.09. The molecule has 14 heavy (non-hydrogen) atoms. The molecule has 0 spiro atoms. The lowest BCUT2D eigenvalue weighted by Gasteiger charge is -2.05. The number of aliphatic hydroxyl groups is 1. The van der Waals surface area contributed by atoms with Gasteiger partial charge in [-0.1, -0.05) is 5.21 Å². The average Bonchev–Trinajstić information content (AvgIpc) is 2.79. The van der Waals surface area contributed by atoms with Gasteiger partial charge in [0, 0.05) is 38.3 Å². The third-order valence-corrected chi connectivity index (χ3v) is 2.42. The zero-order chi connectivity index (χ0) is 9.80. The summed E-state index contributed by atoms with van der Waals surface area (Å²) >= 11 is 0. The van der Waals surface area contributed by atoms with Crippen LogP contribution in [0.1, 0.15) is 12.1 Å². The van der Waals surface area contributed by atoms with E-state index in [9.17, 15) is 0 Å². The van der Waals surface area contributed by atoms with E-state index >= 15 is 0 Å². The van der Waals surface area contributed by atoms with Crippen LogP contribution >= 0.6 is 0 Å². The molecule has 1 aromatic rings. The molecule has 0 aromatic carbocycles. The minimum absolute atomic E-state index is 0.130. The molecule has 1 fully saturated rings. The maximum Gasteiger partial charge on any atom is 0.0849 e. The molecule has 5 nitrogen and oxygen atoms in total. The summed E-state index contributed by atoms with van der Waals surface area (Å²) in [6.07, 6.45) is 3.59. The Kier molecular flexibility index (Phi) is 3.10. The van der Waals surface area contributed by atoms with Gasteiger partial charge in [0.2, 0.25) is 0 Å². The first-order valence-electron chi connectivity index (χ1n) is 4.96. The van der Waals surface area contributed by atoms with Crippen molar-refractivity contribution in [3.05, 3.63) is 11.9 Å². The fourth-order valence-corrected chi connectivity index (χ4v) is 1.65. The molecule has 0 radical (unpaired) electrons. The van der Waals surface area contributed by atoms with Crippen LogP contribution in [0.15, 0.2) is 6.20 Å². The summed E-state index contributed by atoms with van der Waals surface area (Å²) in [5.74, 6) is 0.568. The predicted octanol–water partition coefficient (Wildman–Crippen LogP) is -0.151. The molecular formula is C9H15N3O2. The van der Waals surface area contributed by atoms with Gasteiger partial charge in [-0.25, -0.2) is 0 Å². The first-order chi connectivity index (χ1) is 6.88. The lowest BCUT2D eigenvalue weighted by Crippen LogP contribution is -2.11. The Morgan fingerprint density at radius 1 is 1.64 bits per heavy atom. The second-order valence-electron chi connectivity index (χ2n) is 3.64. The second kappa shape index (κ2) is 4.52. The molecule has 0 amide bonds. The molecule has 78 valence electrons. The SMILES string of the molecule is OCCc1cn(CC2CCOC2)nn1. The van der Waals surface area contributed by atoms with Gasteiger partial charge in [-0.2, -0.15) is 0 Å². The number of hydrogen-bond acceptors (Lipinski definition) is 4. The molecule has 1 aliphatic rings. The maximum absolute atomic E-state index is 8.72. The Balaban J connectivity index is 1.88. The molecule has 2 rings (SSSR count). The summed E-state index contributed by atoms with van der Waals surface area (Å²) < 4.78 is 7.12. The van der Waals surface area contributed by atoms with Crippen molar-refractivity contribution in [3.63, 3.8) is 0 Å². The molecule has 2 heterocycles. The van der Waals surface area contributed by atoms with Gasteiger partial charge in [-0.05, 0) is 6.42 Å². The van der Waals surface area contributed by atoms with Crippen LogP contribution in [-0.2, 0) is 17.7 Å². The predicted molar refractivity (Wildman–Crippen MR) is 49.7 cm³/mol. The van der Waals surface area contributed by atoms with Crippen LogP contribution in [0.3, 0.4) is 0 Å². The Labute approximate surface area is 82.7 Å². The van der Waals surface area contributed by atoms with E-state index in [0.717, 1.165) is 31.9 Å². The first-order valence-corrected chi connectivity index (χ1v) is 4.96. The van der Waals surface area contributed by atoms with E-state index in [2.05, 4.69) is 10.3 Å². The quantitative estimate of drug-likeness (QED) is 0.729. The first kappa shape index (κ1) is 9.61. The third kappa shape index (κ3) is 2.30. The fourth-order valence-electron chi connectivity index (χ4n) is 1.65. The molecule has 1 aromatic heterocycles. The van der Waals surface area contributed by atoms with Crippen LogP contribution in [0.25, 0.3) is 0 Å². The normalized spacial score (nSPS) is 21.6. The average molecular weight is 197 g/mol. The number of ether oxygens (including phenoxy) is 1. The van der Waals surface area contributed by atoms with E-state index in [1.165, 1.54) is 0 Å². The standard InChI is InChI=1S/C9H15N3O2/c13-3-1-9-6-12(11-10-9)5-8-2-4-14-7-8/h6,8,13H,1-5,7H2. The Morgan fingerprint density at radius 3 is 3.29 bits per heavy atom. The van der Waals surface area contributed by atoms with Crippen LogP contribution < -0.4 is 0 Å². The van der Waals surface area contributed by atoms with Crippen molar-refractivity contribution in [2.45, 2.75) is 19.4 Å². The molecule has 1 aliphatic heterocycles. The molecule has 5 heteroatoms. The molecule has 0 aliphatic carbocycles. The van der Waals surface area contributed by atoms with Crippen LogP contribution in [-0.4, -0.2) is 39.9 Å². The summed E-state index contributed by atoms with van der Waals surface area (Å²) in [5.41, 5.74) is 0.853. The van der Waals surface area contributed by atoms with E-state index in [1.54, 1.807) is 0 Å². The Bertz CT molecular complexity index is 281. The van der Waals surface area contributed by atoms with Crippen LogP contribution in [0.2, 0.25) is 0 Å². The molecule has 0 bridgehead atoms. The fraction of sp³-hybridized carbons (Fsp3) is 0.778. The highest BCUT2D eigenvalue weighted by molar-refractivity contribution is 4.92. The van der Waals surface area contributed by atoms with Crippen molar-refractivity contribution in [3.8, 4) is 0 Å². The van der Waals surface area contributed by atoms with Crippen molar-refractivity contribution in [1.29, 1.82) is 0 Å². The summed E-state index contributed by atoms with van der Waals surface area (Å²) in [7, 11) is 0. The summed E-state index contributed by atoms with van der Waals surface area (Å²) in [6.45, 7) is 2.70.